The zero-order chi connectivity index (χ0) is 15.4. The van der Waals surface area contributed by atoms with Crippen molar-refractivity contribution >= 4 is 0 Å². The van der Waals surface area contributed by atoms with Crippen LogP contribution in [0.3, 0.4) is 0 Å². The van der Waals surface area contributed by atoms with Crippen molar-refractivity contribution in [3.63, 3.8) is 0 Å². The summed E-state index contributed by atoms with van der Waals surface area (Å²) in [5.74, 6) is -0.587. The zero-order valence-corrected chi connectivity index (χ0v) is 12.7. The lowest BCUT2D eigenvalue weighted by molar-refractivity contribution is -0.00556. The van der Waals surface area contributed by atoms with Gasteiger partial charge in [0.15, 0.2) is 0 Å². The maximum atomic E-state index is 13.2. The monoisotopic (exact) mass is 298 g/mol. The summed E-state index contributed by atoms with van der Waals surface area (Å²) in [6, 6.07) is 3.13. The molecule has 1 aliphatic rings. The Morgan fingerprint density at radius 1 is 1.33 bits per heavy atom. The van der Waals surface area contributed by atoms with E-state index < -0.39 is 11.6 Å². The van der Waals surface area contributed by atoms with Crippen LogP contribution < -0.4 is 5.73 Å². The van der Waals surface area contributed by atoms with Crippen LogP contribution in [0, 0.1) is 17.6 Å². The minimum Gasteiger partial charge on any atom is -0.380 e. The number of hydrogen-bond donors (Lipinski definition) is 1. The van der Waals surface area contributed by atoms with Gasteiger partial charge in [-0.2, -0.15) is 0 Å². The van der Waals surface area contributed by atoms with Crippen molar-refractivity contribution in [3.05, 3.63) is 35.4 Å². The number of nitrogens with zero attached hydrogens (tertiary/aromatic N) is 1. The van der Waals surface area contributed by atoms with E-state index in [1.165, 1.54) is 12.1 Å². The maximum absolute atomic E-state index is 13.2. The van der Waals surface area contributed by atoms with Crippen LogP contribution in [0.15, 0.2) is 18.2 Å². The number of ether oxygens (including phenoxy) is 1. The standard InChI is InChI=1S/C16H24F2N2O/c1-11-3-5-20(10-16(11)21-2)6-4-15(19)12-7-13(17)9-14(18)8-12/h7-9,11,15-16H,3-6,10,19H2,1-2H3. The summed E-state index contributed by atoms with van der Waals surface area (Å²) in [4.78, 5) is 2.31. The van der Waals surface area contributed by atoms with Crippen molar-refractivity contribution in [2.24, 2.45) is 11.7 Å². The molecule has 1 saturated heterocycles. The predicted molar refractivity (Wildman–Crippen MR) is 78.9 cm³/mol. The Bertz CT molecular complexity index is 449. The summed E-state index contributed by atoms with van der Waals surface area (Å²) in [6.45, 7) is 4.92. The molecule has 1 aliphatic heterocycles. The molecule has 21 heavy (non-hydrogen) atoms. The van der Waals surface area contributed by atoms with Crippen molar-refractivity contribution in [3.8, 4) is 0 Å². The molecule has 0 amide bonds. The highest BCUT2D eigenvalue weighted by Gasteiger charge is 2.26. The molecule has 3 atom stereocenters. The molecule has 0 spiro atoms. The molecule has 3 unspecified atom stereocenters. The second-order valence-corrected chi connectivity index (χ2v) is 5.94. The van der Waals surface area contributed by atoms with Gasteiger partial charge in [0.05, 0.1) is 6.10 Å². The Morgan fingerprint density at radius 3 is 2.62 bits per heavy atom. The quantitative estimate of drug-likeness (QED) is 0.908. The van der Waals surface area contributed by atoms with E-state index in [0.717, 1.165) is 32.1 Å². The van der Waals surface area contributed by atoms with Crippen LogP contribution in [0.5, 0.6) is 0 Å². The third kappa shape index (κ3) is 4.46. The van der Waals surface area contributed by atoms with Crippen molar-refractivity contribution in [2.45, 2.75) is 31.9 Å². The second-order valence-electron chi connectivity index (χ2n) is 5.94. The molecule has 0 saturated carbocycles. The van der Waals surface area contributed by atoms with Gasteiger partial charge >= 0.3 is 0 Å². The van der Waals surface area contributed by atoms with Crippen LogP contribution in [-0.2, 0) is 4.74 Å². The van der Waals surface area contributed by atoms with Crippen LogP contribution in [0.1, 0.15) is 31.4 Å². The van der Waals surface area contributed by atoms with Crippen molar-refractivity contribution in [1.82, 2.24) is 4.90 Å². The van der Waals surface area contributed by atoms with E-state index in [9.17, 15) is 8.78 Å². The van der Waals surface area contributed by atoms with E-state index in [1.807, 2.05) is 0 Å². The Kier molecular flexibility index (Phi) is 5.67. The largest absolute Gasteiger partial charge is 0.380 e. The van der Waals surface area contributed by atoms with Crippen molar-refractivity contribution < 1.29 is 13.5 Å². The zero-order valence-electron chi connectivity index (χ0n) is 12.7. The summed E-state index contributed by atoms with van der Waals surface area (Å²) in [5.41, 5.74) is 6.57. The number of piperidine rings is 1. The van der Waals surface area contributed by atoms with Gasteiger partial charge in [-0.1, -0.05) is 6.92 Å². The minimum absolute atomic E-state index is 0.251. The van der Waals surface area contributed by atoms with Crippen LogP contribution in [0.25, 0.3) is 0 Å². The molecule has 0 aliphatic carbocycles. The molecule has 1 heterocycles. The third-order valence-corrected chi connectivity index (χ3v) is 4.35. The lowest BCUT2D eigenvalue weighted by Gasteiger charge is -2.36. The first kappa shape index (κ1) is 16.3. The lowest BCUT2D eigenvalue weighted by atomic mass is 9.95. The van der Waals surface area contributed by atoms with Gasteiger partial charge in [-0.15, -0.1) is 0 Å². The number of hydrogen-bond acceptors (Lipinski definition) is 3. The fraction of sp³-hybridized carbons (Fsp3) is 0.625. The maximum Gasteiger partial charge on any atom is 0.126 e. The van der Waals surface area contributed by atoms with Gasteiger partial charge < -0.3 is 15.4 Å². The van der Waals surface area contributed by atoms with Crippen LogP contribution in [0.4, 0.5) is 8.78 Å². The summed E-state index contributed by atoms with van der Waals surface area (Å²) in [7, 11) is 1.74. The van der Waals surface area contributed by atoms with Crippen LogP contribution in [0.2, 0.25) is 0 Å². The number of methoxy groups -OCH3 is 1. The Labute approximate surface area is 125 Å². The number of rotatable bonds is 5. The van der Waals surface area contributed by atoms with Gasteiger partial charge in [0, 0.05) is 32.3 Å². The fourth-order valence-corrected chi connectivity index (χ4v) is 2.89. The Balaban J connectivity index is 1.87. The average Bonchev–Trinajstić information content (AvgIpc) is 2.45. The van der Waals surface area contributed by atoms with E-state index in [-0.39, 0.29) is 12.1 Å². The first-order chi connectivity index (χ1) is 9.99. The number of nitrogens with two attached hydrogens (primary N) is 1. The molecule has 1 fully saturated rings. The van der Waals surface area contributed by atoms with Gasteiger partial charge in [-0.05, 0) is 43.0 Å². The highest BCUT2D eigenvalue weighted by Crippen LogP contribution is 2.22. The normalized spacial score (nSPS) is 25.0. The van der Waals surface area contributed by atoms with Gasteiger partial charge in [-0.25, -0.2) is 8.78 Å². The molecule has 1 aromatic rings. The first-order valence-electron chi connectivity index (χ1n) is 7.46. The lowest BCUT2D eigenvalue weighted by Crippen LogP contribution is -2.44. The van der Waals surface area contributed by atoms with Crippen molar-refractivity contribution in [2.75, 3.05) is 26.7 Å². The summed E-state index contributed by atoms with van der Waals surface area (Å²) in [5, 5.41) is 0. The second kappa shape index (κ2) is 7.29. The number of likely N-dealkylation sites (tertiary alicyclic amines) is 1. The fourth-order valence-electron chi connectivity index (χ4n) is 2.89. The Morgan fingerprint density at radius 2 is 2.00 bits per heavy atom. The molecular weight excluding hydrogens is 274 g/mol. The SMILES string of the molecule is COC1CN(CCC(N)c2cc(F)cc(F)c2)CCC1C. The smallest absolute Gasteiger partial charge is 0.126 e. The summed E-state index contributed by atoms with van der Waals surface area (Å²) in [6.07, 6.45) is 2.03. The molecular formula is C16H24F2N2O. The molecule has 1 aromatic carbocycles. The average molecular weight is 298 g/mol. The molecule has 2 rings (SSSR count). The van der Waals surface area contributed by atoms with Gasteiger partial charge in [0.1, 0.15) is 11.6 Å². The van der Waals surface area contributed by atoms with Gasteiger partial charge in [0.2, 0.25) is 0 Å². The molecule has 5 heteroatoms. The van der Waals surface area contributed by atoms with E-state index in [4.69, 9.17) is 10.5 Å². The topological polar surface area (TPSA) is 38.5 Å². The highest BCUT2D eigenvalue weighted by molar-refractivity contribution is 5.21. The summed E-state index contributed by atoms with van der Waals surface area (Å²) >= 11 is 0. The molecule has 2 N–H and O–H groups in total. The molecule has 3 nitrogen and oxygen atoms in total. The first-order valence-corrected chi connectivity index (χ1v) is 7.46. The van der Waals surface area contributed by atoms with E-state index in [2.05, 4.69) is 11.8 Å². The number of halogens is 2. The van der Waals surface area contributed by atoms with E-state index in [0.29, 0.717) is 17.9 Å². The third-order valence-electron chi connectivity index (χ3n) is 4.35. The van der Waals surface area contributed by atoms with Crippen LogP contribution in [-0.4, -0.2) is 37.7 Å². The predicted octanol–water partition coefficient (Wildman–Crippen LogP) is 2.71. The molecule has 0 radical (unpaired) electrons. The Hall–Kier alpha value is -1.04. The molecule has 0 bridgehead atoms. The van der Waals surface area contributed by atoms with E-state index in [1.54, 1.807) is 7.11 Å². The highest BCUT2D eigenvalue weighted by atomic mass is 19.1. The van der Waals surface area contributed by atoms with Crippen LogP contribution >= 0.6 is 0 Å². The molecule has 0 aromatic heterocycles. The summed E-state index contributed by atoms with van der Waals surface area (Å²) < 4.78 is 31.9. The molecule has 118 valence electrons. The van der Waals surface area contributed by atoms with Crippen molar-refractivity contribution in [1.29, 1.82) is 0 Å². The van der Waals surface area contributed by atoms with Gasteiger partial charge in [-0.3, -0.25) is 0 Å². The minimum atomic E-state index is -0.577. The van der Waals surface area contributed by atoms with Gasteiger partial charge in [0.25, 0.3) is 0 Å². The number of benzene rings is 1. The van der Waals surface area contributed by atoms with E-state index >= 15 is 0 Å².